The summed E-state index contributed by atoms with van der Waals surface area (Å²) >= 11 is 1.61. The Morgan fingerprint density at radius 3 is 2.88 bits per heavy atom. The van der Waals surface area contributed by atoms with E-state index in [1.165, 1.54) is 5.56 Å². The molecule has 0 aliphatic carbocycles. The monoisotopic (exact) mass is 362 g/mol. The molecule has 4 rings (SSSR count). The third-order valence-corrected chi connectivity index (χ3v) is 5.81. The smallest absolute Gasteiger partial charge is 0.298 e. The fourth-order valence-corrected chi connectivity index (χ4v) is 4.53. The Morgan fingerprint density at radius 1 is 1.35 bits per heavy atom. The van der Waals surface area contributed by atoms with Crippen LogP contribution in [-0.4, -0.2) is 20.8 Å². The highest BCUT2D eigenvalue weighted by atomic mass is 32.1. The first-order valence-corrected chi connectivity index (χ1v) is 9.35. The van der Waals surface area contributed by atoms with Crippen LogP contribution in [0.3, 0.4) is 0 Å². The molecule has 0 unspecified atom stereocenters. The van der Waals surface area contributed by atoms with Crippen molar-refractivity contribution in [3.05, 3.63) is 52.7 Å². The predicted molar refractivity (Wildman–Crippen MR) is 104 cm³/mol. The second kappa shape index (κ2) is 6.77. The van der Waals surface area contributed by atoms with E-state index in [2.05, 4.69) is 40.3 Å². The van der Waals surface area contributed by atoms with E-state index in [0.29, 0.717) is 13.1 Å². The Hall–Kier alpha value is -2.91. The molecule has 0 radical (unpaired) electrons. The number of carbonyl (C=O) groups excluding carboxylic acids is 1. The molecule has 5 nitrogen and oxygen atoms in total. The number of aromatic nitrogens is 2. The highest BCUT2D eigenvalue weighted by Crippen LogP contribution is 2.40. The summed E-state index contributed by atoms with van der Waals surface area (Å²) in [5.74, 6) is 2.75. The number of terminal acetylenes is 1. The van der Waals surface area contributed by atoms with E-state index >= 15 is 0 Å². The van der Waals surface area contributed by atoms with Gasteiger partial charge in [-0.1, -0.05) is 37.3 Å². The Morgan fingerprint density at radius 2 is 2.15 bits per heavy atom. The first-order valence-electron chi connectivity index (χ1n) is 8.53. The second-order valence-corrected chi connectivity index (χ2v) is 7.31. The maximum Gasteiger partial charge on any atom is 0.298 e. The molecule has 1 amide bonds. The van der Waals surface area contributed by atoms with Gasteiger partial charge in [-0.05, 0) is 17.9 Å². The molecule has 1 N–H and O–H groups in total. The first kappa shape index (κ1) is 16.6. The van der Waals surface area contributed by atoms with Crippen LogP contribution < -0.4 is 5.32 Å². The lowest BCUT2D eigenvalue weighted by molar-refractivity contribution is -0.125. The van der Waals surface area contributed by atoms with E-state index in [1.54, 1.807) is 22.6 Å². The summed E-state index contributed by atoms with van der Waals surface area (Å²) < 4.78 is 0. The molecule has 2 aromatic heterocycles. The molecule has 0 fully saturated rings. The molecule has 0 saturated carbocycles. The minimum atomic E-state index is -0.274. The normalized spacial score (nSPS) is 14.1. The van der Waals surface area contributed by atoms with Crippen LogP contribution in [0.25, 0.3) is 10.2 Å². The third kappa shape index (κ3) is 2.80. The minimum absolute atomic E-state index is 0.162. The average Bonchev–Trinajstić information content (AvgIpc) is 3.24. The van der Waals surface area contributed by atoms with Crippen LogP contribution in [0.4, 0.5) is 5.82 Å². The van der Waals surface area contributed by atoms with E-state index in [-0.39, 0.29) is 11.9 Å². The number of hydrogen-bond acceptors (Lipinski definition) is 5. The molecule has 0 bridgehead atoms. The number of rotatable bonds is 4. The van der Waals surface area contributed by atoms with Gasteiger partial charge < -0.3 is 10.2 Å². The van der Waals surface area contributed by atoms with Gasteiger partial charge in [0, 0.05) is 17.0 Å². The van der Waals surface area contributed by atoms with E-state index in [4.69, 9.17) is 6.42 Å². The van der Waals surface area contributed by atoms with Gasteiger partial charge in [-0.3, -0.25) is 4.79 Å². The van der Waals surface area contributed by atoms with E-state index in [0.717, 1.165) is 32.9 Å². The molecular formula is C20H18N4OS. The predicted octanol–water partition coefficient (Wildman–Crippen LogP) is 3.73. The summed E-state index contributed by atoms with van der Waals surface area (Å²) in [7, 11) is 0. The molecule has 1 aromatic carbocycles. The van der Waals surface area contributed by atoms with Crippen molar-refractivity contribution in [2.24, 2.45) is 0 Å². The maximum atomic E-state index is 11.9. The van der Waals surface area contributed by atoms with Crippen molar-refractivity contribution < 1.29 is 4.79 Å². The fraction of sp³-hybridized carbons (Fsp3) is 0.250. The Balaban J connectivity index is 1.71. The molecule has 3 aromatic rings. The van der Waals surface area contributed by atoms with Crippen LogP contribution in [0.2, 0.25) is 0 Å². The Labute approximate surface area is 156 Å². The summed E-state index contributed by atoms with van der Waals surface area (Å²) in [4.78, 5) is 24.6. The number of hydrogen-bond donors (Lipinski definition) is 1. The number of thiophene rings is 1. The third-order valence-electron chi connectivity index (χ3n) is 4.69. The largest absolute Gasteiger partial charge is 0.363 e. The molecule has 3 heterocycles. The Bertz CT molecular complexity index is 1010. The van der Waals surface area contributed by atoms with Gasteiger partial charge in [-0.15, -0.1) is 17.8 Å². The van der Waals surface area contributed by atoms with E-state index in [1.807, 2.05) is 18.2 Å². The van der Waals surface area contributed by atoms with Gasteiger partial charge in [0.05, 0.1) is 18.0 Å². The molecule has 1 aliphatic heterocycles. The van der Waals surface area contributed by atoms with Crippen molar-refractivity contribution in [2.45, 2.75) is 32.5 Å². The van der Waals surface area contributed by atoms with Crippen LogP contribution in [0.1, 0.15) is 35.4 Å². The molecule has 1 atom stereocenters. The molecule has 130 valence electrons. The standard InChI is InChI=1S/C20H18N4OS/c1-3-15(13-8-6-5-7-9-13)23-19-18-14-10-24(17(25)4-2)11-16(14)26-20(18)22-12-21-19/h2,5-9,12,15H,3,10-11H2,1H3,(H,21,22,23)/t15-/m1/s1. The zero-order valence-electron chi connectivity index (χ0n) is 14.4. The zero-order chi connectivity index (χ0) is 18.1. The van der Waals surface area contributed by atoms with Crippen LogP contribution in [0, 0.1) is 12.3 Å². The molecule has 0 saturated heterocycles. The second-order valence-electron chi connectivity index (χ2n) is 6.23. The number of amides is 1. The van der Waals surface area contributed by atoms with E-state index in [9.17, 15) is 4.79 Å². The number of nitrogens with one attached hydrogen (secondary N) is 1. The number of carbonyl (C=O) groups is 1. The van der Waals surface area contributed by atoms with Crippen molar-refractivity contribution in [1.29, 1.82) is 0 Å². The summed E-state index contributed by atoms with van der Waals surface area (Å²) in [6, 6.07) is 10.5. The van der Waals surface area contributed by atoms with Gasteiger partial charge in [0.25, 0.3) is 5.91 Å². The quantitative estimate of drug-likeness (QED) is 0.719. The van der Waals surface area contributed by atoms with Crippen molar-refractivity contribution in [3.8, 4) is 12.3 Å². The van der Waals surface area contributed by atoms with Gasteiger partial charge in [0.15, 0.2) is 0 Å². The molecule has 1 aliphatic rings. The molecule has 26 heavy (non-hydrogen) atoms. The lowest BCUT2D eigenvalue weighted by Crippen LogP contribution is -2.23. The van der Waals surface area contributed by atoms with Crippen LogP contribution in [0.5, 0.6) is 0 Å². The molecular weight excluding hydrogens is 344 g/mol. The Kier molecular flexibility index (Phi) is 4.31. The van der Waals surface area contributed by atoms with Gasteiger partial charge in [0.2, 0.25) is 0 Å². The van der Waals surface area contributed by atoms with Crippen LogP contribution in [-0.2, 0) is 17.9 Å². The lowest BCUT2D eigenvalue weighted by atomic mass is 10.0. The van der Waals surface area contributed by atoms with E-state index < -0.39 is 0 Å². The fourth-order valence-electron chi connectivity index (χ4n) is 3.37. The molecule has 6 heteroatoms. The van der Waals surface area contributed by atoms with Gasteiger partial charge in [-0.2, -0.15) is 0 Å². The minimum Gasteiger partial charge on any atom is -0.363 e. The van der Waals surface area contributed by atoms with Crippen molar-refractivity contribution in [2.75, 3.05) is 5.32 Å². The highest BCUT2D eigenvalue weighted by Gasteiger charge is 2.29. The number of nitrogens with zero attached hydrogens (tertiary/aromatic N) is 3. The lowest BCUT2D eigenvalue weighted by Gasteiger charge is -2.19. The topological polar surface area (TPSA) is 58.1 Å². The summed E-state index contributed by atoms with van der Waals surface area (Å²) in [5.41, 5.74) is 2.33. The van der Waals surface area contributed by atoms with Crippen LogP contribution in [0.15, 0.2) is 36.7 Å². The number of fused-ring (bicyclic) bond motifs is 3. The van der Waals surface area contributed by atoms with Gasteiger partial charge >= 0.3 is 0 Å². The number of benzene rings is 1. The maximum absolute atomic E-state index is 11.9. The molecule has 0 spiro atoms. The van der Waals surface area contributed by atoms with Crippen LogP contribution >= 0.6 is 11.3 Å². The van der Waals surface area contributed by atoms with Crippen molar-refractivity contribution >= 4 is 33.3 Å². The highest BCUT2D eigenvalue weighted by molar-refractivity contribution is 7.19. The number of anilines is 1. The average molecular weight is 362 g/mol. The SMILES string of the molecule is C#CC(=O)N1Cc2sc3ncnc(N[C@H](CC)c4ccccc4)c3c2C1. The summed E-state index contributed by atoms with van der Waals surface area (Å²) in [6.07, 6.45) is 7.80. The summed E-state index contributed by atoms with van der Waals surface area (Å²) in [5, 5.41) is 4.58. The summed E-state index contributed by atoms with van der Waals surface area (Å²) in [6.45, 7) is 3.21. The van der Waals surface area contributed by atoms with Crippen molar-refractivity contribution in [1.82, 2.24) is 14.9 Å². The van der Waals surface area contributed by atoms with Gasteiger partial charge in [0.1, 0.15) is 17.0 Å². The van der Waals surface area contributed by atoms with Gasteiger partial charge in [-0.25, -0.2) is 9.97 Å². The van der Waals surface area contributed by atoms with Crippen molar-refractivity contribution in [3.63, 3.8) is 0 Å². The zero-order valence-corrected chi connectivity index (χ0v) is 15.2. The first-order chi connectivity index (χ1) is 12.7.